The van der Waals surface area contributed by atoms with Crippen LogP contribution in [-0.2, 0) is 4.79 Å². The van der Waals surface area contributed by atoms with Crippen molar-refractivity contribution in [2.75, 3.05) is 0 Å². The minimum absolute atomic E-state index is 0.246. The molecule has 0 fully saturated rings. The minimum Gasteiger partial charge on any atom is -0.480 e. The van der Waals surface area contributed by atoms with Gasteiger partial charge in [-0.2, -0.15) is 0 Å². The number of alkyl halides is 2. The first-order valence-electron chi connectivity index (χ1n) is 4.55. The number of aliphatic carboxylic acids is 1. The van der Waals surface area contributed by atoms with Crippen LogP contribution in [-0.4, -0.2) is 26.5 Å². The largest absolute Gasteiger partial charge is 0.480 e. The number of hydrogen-bond donors (Lipinski definition) is 1. The number of hydrogen-bond acceptors (Lipinski definition) is 2. The van der Waals surface area contributed by atoms with E-state index < -0.39 is 15.6 Å². The fourth-order valence-corrected chi connectivity index (χ4v) is 1.87. The summed E-state index contributed by atoms with van der Waals surface area (Å²) in [5, 5.41) is 8.76. The van der Waals surface area contributed by atoms with Crippen LogP contribution in [0.25, 0.3) is 0 Å². The van der Waals surface area contributed by atoms with Crippen LogP contribution in [0.5, 0.6) is 0 Å². The zero-order valence-electron chi connectivity index (χ0n) is 8.48. The van der Waals surface area contributed by atoms with Crippen molar-refractivity contribution in [3.63, 3.8) is 0 Å². The van der Waals surface area contributed by atoms with Crippen molar-refractivity contribution >= 4 is 43.6 Å². The van der Waals surface area contributed by atoms with Crippen molar-refractivity contribution in [2.24, 2.45) is 0 Å². The molecule has 5 heteroatoms. The molecule has 0 aliphatic carbocycles. The van der Waals surface area contributed by atoms with Gasteiger partial charge in [-0.3, -0.25) is 9.59 Å². The molecule has 0 aliphatic heterocycles. The molecule has 1 aromatic rings. The minimum atomic E-state index is -1.07. The van der Waals surface area contributed by atoms with Crippen LogP contribution in [0.1, 0.15) is 15.9 Å². The molecule has 0 spiro atoms. The maximum Gasteiger partial charge on any atom is 0.318 e. The quantitative estimate of drug-likeness (QED) is 0.671. The van der Waals surface area contributed by atoms with E-state index in [0.29, 0.717) is 5.56 Å². The lowest BCUT2D eigenvalue weighted by molar-refractivity contribution is -0.136. The summed E-state index contributed by atoms with van der Waals surface area (Å²) >= 11 is 6.04. The lowest BCUT2D eigenvalue weighted by Crippen LogP contribution is -2.30. The molecule has 3 nitrogen and oxygen atoms in total. The van der Waals surface area contributed by atoms with Gasteiger partial charge in [-0.1, -0.05) is 61.7 Å². The molecule has 0 saturated heterocycles. The Morgan fingerprint density at radius 1 is 1.12 bits per heavy atom. The summed E-state index contributed by atoms with van der Waals surface area (Å²) in [5.41, 5.74) is 1.55. The second-order valence-corrected chi connectivity index (χ2v) is 5.35. The van der Waals surface area contributed by atoms with Gasteiger partial charge in [0.25, 0.3) is 0 Å². The average molecular weight is 350 g/mol. The number of ketones is 1. The summed E-state index contributed by atoms with van der Waals surface area (Å²) in [4.78, 5) is 20.9. The van der Waals surface area contributed by atoms with Crippen molar-refractivity contribution in [2.45, 2.75) is 16.6 Å². The summed E-state index contributed by atoms with van der Waals surface area (Å²) in [7, 11) is 0. The molecular weight excluding hydrogens is 340 g/mol. The van der Waals surface area contributed by atoms with E-state index in [-0.39, 0.29) is 5.78 Å². The Kier molecular flexibility index (Phi) is 4.68. The van der Waals surface area contributed by atoms with Gasteiger partial charge in [0.15, 0.2) is 5.78 Å². The molecule has 0 bridgehead atoms. The maximum atomic E-state index is 11.9. The van der Waals surface area contributed by atoms with Gasteiger partial charge < -0.3 is 5.11 Å². The van der Waals surface area contributed by atoms with E-state index in [2.05, 4.69) is 31.9 Å². The summed E-state index contributed by atoms with van der Waals surface area (Å²) in [6.45, 7) is 1.92. The van der Waals surface area contributed by atoms with Crippen LogP contribution in [0.15, 0.2) is 24.3 Å². The summed E-state index contributed by atoms with van der Waals surface area (Å²) in [5.74, 6) is -1.31. The van der Waals surface area contributed by atoms with E-state index >= 15 is 0 Å². The smallest absolute Gasteiger partial charge is 0.318 e. The van der Waals surface area contributed by atoms with Gasteiger partial charge in [-0.05, 0) is 6.92 Å². The Morgan fingerprint density at radius 3 is 2.06 bits per heavy atom. The number of carboxylic acids is 1. The van der Waals surface area contributed by atoms with E-state index in [1.807, 2.05) is 19.1 Å². The Hall–Kier alpha value is -0.680. The number of carbonyl (C=O) groups excluding carboxylic acids is 1. The molecule has 0 aromatic heterocycles. The highest BCUT2D eigenvalue weighted by molar-refractivity contribution is 9.12. The number of aryl methyl sites for hydroxylation is 1. The van der Waals surface area contributed by atoms with Gasteiger partial charge in [-0.15, -0.1) is 0 Å². The fourth-order valence-electron chi connectivity index (χ4n) is 1.14. The highest BCUT2D eigenvalue weighted by atomic mass is 79.9. The van der Waals surface area contributed by atoms with Crippen LogP contribution < -0.4 is 0 Å². The van der Waals surface area contributed by atoms with Crippen molar-refractivity contribution in [3.8, 4) is 0 Å². The number of carbonyl (C=O) groups is 2. The predicted octanol–water partition coefficient (Wildman–Crippen LogP) is 2.79. The Morgan fingerprint density at radius 2 is 1.62 bits per heavy atom. The van der Waals surface area contributed by atoms with Crippen LogP contribution in [0, 0.1) is 6.92 Å². The summed E-state index contributed by atoms with van der Waals surface area (Å²) in [6.07, 6.45) is 0. The van der Waals surface area contributed by atoms with Crippen LogP contribution in [0.3, 0.4) is 0 Å². The van der Waals surface area contributed by atoms with Gasteiger partial charge in [0.2, 0.25) is 0 Å². The summed E-state index contributed by atoms with van der Waals surface area (Å²) < 4.78 is 0. The molecule has 1 N–H and O–H groups in total. The third kappa shape index (κ3) is 3.15. The number of carboxylic acid groups (broad SMARTS) is 1. The normalized spacial score (nSPS) is 14.2. The van der Waals surface area contributed by atoms with Crippen molar-refractivity contribution in [3.05, 3.63) is 35.4 Å². The molecule has 0 amide bonds. The second kappa shape index (κ2) is 5.59. The van der Waals surface area contributed by atoms with Crippen molar-refractivity contribution < 1.29 is 14.7 Å². The van der Waals surface area contributed by atoms with Gasteiger partial charge >= 0.3 is 5.97 Å². The van der Waals surface area contributed by atoms with E-state index in [1.54, 1.807) is 12.1 Å². The zero-order chi connectivity index (χ0) is 12.3. The molecule has 0 saturated carbocycles. The first-order chi connectivity index (χ1) is 7.43. The fraction of sp³-hybridized carbons (Fsp3) is 0.273. The molecule has 1 rings (SSSR count). The van der Waals surface area contributed by atoms with Crippen LogP contribution in [0.4, 0.5) is 0 Å². The summed E-state index contributed by atoms with van der Waals surface area (Å²) in [6, 6.07) is 7.01. The van der Waals surface area contributed by atoms with Crippen molar-refractivity contribution in [1.82, 2.24) is 0 Å². The second-order valence-electron chi connectivity index (χ2n) is 3.37. The number of benzene rings is 1. The molecule has 0 unspecified atom stereocenters. The van der Waals surface area contributed by atoms with Crippen molar-refractivity contribution in [1.29, 1.82) is 0 Å². The van der Waals surface area contributed by atoms with Gasteiger partial charge in [-0.25, -0.2) is 0 Å². The molecule has 1 aromatic carbocycles. The standard InChI is InChI=1S/C11H10Br2O3/c1-6-2-4-7(5-3-6)10(14)8(12)9(13)11(15)16/h2-5,8-9H,1H3,(H,15,16)/t8-,9+/m1/s1. The Balaban J connectivity index is 2.86. The molecule has 0 radical (unpaired) electrons. The molecule has 86 valence electrons. The van der Waals surface area contributed by atoms with E-state index in [9.17, 15) is 9.59 Å². The first kappa shape index (κ1) is 13.4. The molecule has 0 aliphatic rings. The maximum absolute atomic E-state index is 11.9. The average Bonchev–Trinajstić information content (AvgIpc) is 2.27. The SMILES string of the molecule is Cc1ccc(C(=O)[C@H](Br)[C@H](Br)C(=O)O)cc1. The molecular formula is C11H10Br2O3. The lowest BCUT2D eigenvalue weighted by Gasteiger charge is -2.11. The number of rotatable bonds is 4. The first-order valence-corrected chi connectivity index (χ1v) is 6.38. The van der Waals surface area contributed by atoms with E-state index in [4.69, 9.17) is 5.11 Å². The topological polar surface area (TPSA) is 54.4 Å². The Bertz CT molecular complexity index is 400. The number of halogens is 2. The van der Waals surface area contributed by atoms with E-state index in [1.165, 1.54) is 0 Å². The van der Waals surface area contributed by atoms with Gasteiger partial charge in [0.1, 0.15) is 9.65 Å². The van der Waals surface area contributed by atoms with Gasteiger partial charge in [0, 0.05) is 5.56 Å². The highest BCUT2D eigenvalue weighted by Crippen LogP contribution is 2.20. The highest BCUT2D eigenvalue weighted by Gasteiger charge is 2.29. The molecule has 16 heavy (non-hydrogen) atoms. The third-order valence-corrected chi connectivity index (χ3v) is 4.65. The molecule has 0 heterocycles. The van der Waals surface area contributed by atoms with Crippen LogP contribution >= 0.6 is 31.9 Å². The van der Waals surface area contributed by atoms with Gasteiger partial charge in [0.05, 0.1) is 0 Å². The lowest BCUT2D eigenvalue weighted by atomic mass is 10.1. The monoisotopic (exact) mass is 348 g/mol. The van der Waals surface area contributed by atoms with E-state index in [0.717, 1.165) is 5.56 Å². The predicted molar refractivity (Wildman–Crippen MR) is 68.6 cm³/mol. The Labute approximate surface area is 110 Å². The zero-order valence-corrected chi connectivity index (χ0v) is 11.7. The number of Topliss-reactive ketones (excluding diaryl/α,β-unsaturated/α-hetero) is 1. The third-order valence-electron chi connectivity index (χ3n) is 2.08. The van der Waals surface area contributed by atoms with Crippen LogP contribution in [0.2, 0.25) is 0 Å². The molecule has 2 atom stereocenters.